The van der Waals surface area contributed by atoms with Gasteiger partial charge in [-0.15, -0.1) is 0 Å². The van der Waals surface area contributed by atoms with Crippen LogP contribution in [0.1, 0.15) is 19.8 Å². The number of hydrogen-bond acceptors (Lipinski definition) is 2. The van der Waals surface area contributed by atoms with Gasteiger partial charge in [0.2, 0.25) is 0 Å². The van der Waals surface area contributed by atoms with Gasteiger partial charge in [-0.05, 0) is 19.8 Å². The highest BCUT2D eigenvalue weighted by Gasteiger charge is 2.30. The number of aliphatic hydroxyl groups excluding tert-OH is 1. The maximum absolute atomic E-state index is 11.4. The zero-order valence-electron chi connectivity index (χ0n) is 7.66. The molecule has 4 heteroatoms. The maximum Gasteiger partial charge on any atom is 0.265 e. The van der Waals surface area contributed by atoms with Crippen LogP contribution in [0, 0.1) is 0 Å². The highest BCUT2D eigenvalue weighted by molar-refractivity contribution is 6.41. The van der Waals surface area contributed by atoms with Crippen LogP contribution < -0.4 is 0 Å². The SMILES string of the molecule is C=C(Cl)C(=O)N1CCCC(O)C1C. The lowest BCUT2D eigenvalue weighted by molar-refractivity contribution is -0.133. The maximum atomic E-state index is 11.4. The smallest absolute Gasteiger partial charge is 0.265 e. The number of halogens is 1. The number of hydrogen-bond donors (Lipinski definition) is 1. The number of likely N-dealkylation sites (tertiary alicyclic amines) is 1. The van der Waals surface area contributed by atoms with Crippen molar-refractivity contribution in [3.05, 3.63) is 11.6 Å². The van der Waals surface area contributed by atoms with Crippen LogP contribution in [0.15, 0.2) is 11.6 Å². The van der Waals surface area contributed by atoms with E-state index in [4.69, 9.17) is 11.6 Å². The second kappa shape index (κ2) is 4.11. The van der Waals surface area contributed by atoms with Crippen molar-refractivity contribution >= 4 is 17.5 Å². The van der Waals surface area contributed by atoms with Gasteiger partial charge in [-0.2, -0.15) is 0 Å². The third-order valence-corrected chi connectivity index (χ3v) is 2.60. The Morgan fingerprint density at radius 1 is 1.69 bits per heavy atom. The Hall–Kier alpha value is -0.540. The first-order valence-electron chi connectivity index (χ1n) is 4.37. The van der Waals surface area contributed by atoms with Crippen molar-refractivity contribution in [3.8, 4) is 0 Å². The number of carbonyl (C=O) groups is 1. The van der Waals surface area contributed by atoms with Gasteiger partial charge in [0.25, 0.3) is 5.91 Å². The number of carbonyl (C=O) groups excluding carboxylic acids is 1. The molecule has 0 saturated carbocycles. The number of rotatable bonds is 1. The van der Waals surface area contributed by atoms with Crippen molar-refractivity contribution in [2.75, 3.05) is 6.54 Å². The summed E-state index contributed by atoms with van der Waals surface area (Å²) in [5.41, 5.74) is 0. The van der Waals surface area contributed by atoms with E-state index in [1.54, 1.807) is 4.90 Å². The molecule has 1 saturated heterocycles. The summed E-state index contributed by atoms with van der Waals surface area (Å²) in [7, 11) is 0. The molecule has 74 valence electrons. The lowest BCUT2D eigenvalue weighted by Gasteiger charge is -2.36. The average Bonchev–Trinajstić information content (AvgIpc) is 2.08. The number of amides is 1. The lowest BCUT2D eigenvalue weighted by Crippen LogP contribution is -2.49. The molecular weight excluding hydrogens is 190 g/mol. The van der Waals surface area contributed by atoms with Gasteiger partial charge in [0.15, 0.2) is 0 Å². The van der Waals surface area contributed by atoms with Gasteiger partial charge >= 0.3 is 0 Å². The second-order valence-electron chi connectivity index (χ2n) is 3.35. The normalized spacial score (nSPS) is 28.7. The molecule has 0 aliphatic carbocycles. The molecule has 13 heavy (non-hydrogen) atoms. The first-order valence-corrected chi connectivity index (χ1v) is 4.75. The second-order valence-corrected chi connectivity index (χ2v) is 3.81. The summed E-state index contributed by atoms with van der Waals surface area (Å²) in [6.07, 6.45) is 1.13. The minimum Gasteiger partial charge on any atom is -0.391 e. The molecule has 1 heterocycles. The van der Waals surface area contributed by atoms with E-state index in [0.29, 0.717) is 6.54 Å². The first-order chi connectivity index (χ1) is 6.04. The third kappa shape index (κ3) is 2.23. The van der Waals surface area contributed by atoms with Crippen molar-refractivity contribution in [3.63, 3.8) is 0 Å². The minimum atomic E-state index is -0.436. The molecule has 1 rings (SSSR count). The molecule has 3 nitrogen and oxygen atoms in total. The van der Waals surface area contributed by atoms with Crippen LogP contribution >= 0.6 is 11.6 Å². The summed E-state index contributed by atoms with van der Waals surface area (Å²) < 4.78 is 0. The van der Waals surface area contributed by atoms with Crippen LogP contribution in [0.25, 0.3) is 0 Å². The molecule has 2 unspecified atom stereocenters. The van der Waals surface area contributed by atoms with Crippen LogP contribution in [0.5, 0.6) is 0 Å². The zero-order valence-corrected chi connectivity index (χ0v) is 8.42. The Kier molecular flexibility index (Phi) is 3.33. The van der Waals surface area contributed by atoms with E-state index < -0.39 is 6.10 Å². The van der Waals surface area contributed by atoms with E-state index in [9.17, 15) is 9.90 Å². The molecule has 1 amide bonds. The summed E-state index contributed by atoms with van der Waals surface area (Å²) in [6, 6.07) is -0.156. The fourth-order valence-corrected chi connectivity index (χ4v) is 1.67. The standard InChI is InChI=1S/C9H14ClNO2/c1-6(10)9(13)11-5-3-4-8(12)7(11)2/h7-8,12H,1,3-5H2,2H3. The highest BCUT2D eigenvalue weighted by Crippen LogP contribution is 2.19. The van der Waals surface area contributed by atoms with E-state index in [2.05, 4.69) is 6.58 Å². The number of piperidine rings is 1. The molecule has 0 radical (unpaired) electrons. The number of nitrogens with zero attached hydrogens (tertiary/aromatic N) is 1. The molecule has 0 aromatic heterocycles. The Labute approximate surface area is 83.0 Å². The van der Waals surface area contributed by atoms with Crippen molar-refractivity contribution in [1.29, 1.82) is 0 Å². The lowest BCUT2D eigenvalue weighted by atomic mass is 10.0. The third-order valence-electron chi connectivity index (χ3n) is 2.44. The van der Waals surface area contributed by atoms with Crippen LogP contribution in [0.2, 0.25) is 0 Å². The molecule has 0 aromatic rings. The Morgan fingerprint density at radius 2 is 2.31 bits per heavy atom. The summed E-state index contributed by atoms with van der Waals surface area (Å²) in [6.45, 7) is 5.86. The summed E-state index contributed by atoms with van der Waals surface area (Å²) in [4.78, 5) is 13.0. The predicted octanol–water partition coefficient (Wildman–Crippen LogP) is 1.11. The van der Waals surface area contributed by atoms with E-state index >= 15 is 0 Å². The van der Waals surface area contributed by atoms with E-state index in [1.807, 2.05) is 6.92 Å². The molecule has 0 bridgehead atoms. The Bertz CT molecular complexity index is 230. The van der Waals surface area contributed by atoms with Gasteiger partial charge in [0.1, 0.15) is 0 Å². The van der Waals surface area contributed by atoms with Gasteiger partial charge in [0.05, 0.1) is 17.2 Å². The molecule has 1 aliphatic heterocycles. The van der Waals surface area contributed by atoms with Gasteiger partial charge in [0, 0.05) is 6.54 Å². The molecule has 2 atom stereocenters. The van der Waals surface area contributed by atoms with Crippen molar-refractivity contribution in [2.45, 2.75) is 31.9 Å². The van der Waals surface area contributed by atoms with E-state index in [0.717, 1.165) is 12.8 Å². The van der Waals surface area contributed by atoms with Crippen molar-refractivity contribution < 1.29 is 9.90 Å². The molecule has 1 fully saturated rings. The molecule has 1 N–H and O–H groups in total. The zero-order chi connectivity index (χ0) is 10.0. The quantitative estimate of drug-likeness (QED) is 0.649. The van der Waals surface area contributed by atoms with Crippen LogP contribution in [-0.4, -0.2) is 34.6 Å². The van der Waals surface area contributed by atoms with E-state index in [-0.39, 0.29) is 17.0 Å². The van der Waals surface area contributed by atoms with Gasteiger partial charge in [-0.3, -0.25) is 4.79 Å². The predicted molar refractivity (Wildman–Crippen MR) is 51.4 cm³/mol. The molecule has 0 aromatic carbocycles. The van der Waals surface area contributed by atoms with Gasteiger partial charge in [-0.25, -0.2) is 0 Å². The largest absolute Gasteiger partial charge is 0.391 e. The van der Waals surface area contributed by atoms with Crippen molar-refractivity contribution in [1.82, 2.24) is 4.90 Å². The van der Waals surface area contributed by atoms with E-state index in [1.165, 1.54) is 0 Å². The van der Waals surface area contributed by atoms with Crippen molar-refractivity contribution in [2.24, 2.45) is 0 Å². The minimum absolute atomic E-state index is 0.0148. The summed E-state index contributed by atoms with van der Waals surface area (Å²) in [5.74, 6) is -0.270. The Morgan fingerprint density at radius 3 is 2.85 bits per heavy atom. The topological polar surface area (TPSA) is 40.5 Å². The highest BCUT2D eigenvalue weighted by atomic mass is 35.5. The average molecular weight is 204 g/mol. The summed E-state index contributed by atoms with van der Waals surface area (Å²) >= 11 is 5.51. The fourth-order valence-electron chi connectivity index (χ4n) is 1.57. The number of aliphatic hydroxyl groups is 1. The molecular formula is C9H14ClNO2. The van der Waals surface area contributed by atoms with Crippen LogP contribution in [-0.2, 0) is 4.79 Å². The molecule has 1 aliphatic rings. The fraction of sp³-hybridized carbons (Fsp3) is 0.667. The Balaban J connectivity index is 2.68. The van der Waals surface area contributed by atoms with Crippen LogP contribution in [0.4, 0.5) is 0 Å². The molecule has 0 spiro atoms. The monoisotopic (exact) mass is 203 g/mol. The van der Waals surface area contributed by atoms with Crippen LogP contribution in [0.3, 0.4) is 0 Å². The van der Waals surface area contributed by atoms with Gasteiger partial charge in [-0.1, -0.05) is 18.2 Å². The summed E-state index contributed by atoms with van der Waals surface area (Å²) in [5, 5.41) is 9.53. The first kappa shape index (κ1) is 10.5. The van der Waals surface area contributed by atoms with Gasteiger partial charge < -0.3 is 10.0 Å².